The van der Waals surface area contributed by atoms with E-state index < -0.39 is 6.04 Å². The molecule has 0 spiro atoms. The van der Waals surface area contributed by atoms with Crippen molar-refractivity contribution in [1.82, 2.24) is 5.32 Å². The topological polar surface area (TPSA) is 64.4 Å². The Morgan fingerprint density at radius 1 is 1.40 bits per heavy atom. The Hall–Kier alpha value is -0.610. The molecule has 0 saturated heterocycles. The maximum Gasteiger partial charge on any atom is 0.237 e. The number of methoxy groups -OCH3 is 1. The molecule has 0 aromatic rings. The second-order valence-corrected chi connectivity index (χ2v) is 3.82. The molecule has 0 aromatic carbocycles. The Balaban J connectivity index is 3.71. The first-order valence-corrected chi connectivity index (χ1v) is 5.67. The lowest BCUT2D eigenvalue weighted by Crippen LogP contribution is -2.42. The van der Waals surface area contributed by atoms with Crippen molar-refractivity contribution in [3.63, 3.8) is 0 Å². The summed E-state index contributed by atoms with van der Waals surface area (Å²) in [7, 11) is 1.61. The van der Waals surface area contributed by atoms with Crippen LogP contribution in [0.3, 0.4) is 0 Å². The van der Waals surface area contributed by atoms with Crippen LogP contribution in [0.4, 0.5) is 0 Å². The summed E-state index contributed by atoms with van der Waals surface area (Å²) >= 11 is 0. The minimum atomic E-state index is -0.445. The van der Waals surface area contributed by atoms with E-state index in [-0.39, 0.29) is 5.91 Å². The Morgan fingerprint density at radius 3 is 2.47 bits per heavy atom. The van der Waals surface area contributed by atoms with Crippen LogP contribution in [0.1, 0.15) is 33.1 Å². The maximum absolute atomic E-state index is 11.5. The smallest absolute Gasteiger partial charge is 0.237 e. The molecule has 4 heteroatoms. The van der Waals surface area contributed by atoms with Gasteiger partial charge < -0.3 is 15.8 Å². The zero-order chi connectivity index (χ0) is 11.7. The summed E-state index contributed by atoms with van der Waals surface area (Å²) in [5.41, 5.74) is 5.68. The SMILES string of the molecule is CCC(CC)CNC(=O)C(N)CCOC. The highest BCUT2D eigenvalue weighted by atomic mass is 16.5. The van der Waals surface area contributed by atoms with E-state index in [0.717, 1.165) is 19.4 Å². The minimum Gasteiger partial charge on any atom is -0.385 e. The van der Waals surface area contributed by atoms with Crippen LogP contribution in [0.5, 0.6) is 0 Å². The molecule has 0 aromatic heterocycles. The molecule has 1 atom stereocenters. The molecule has 15 heavy (non-hydrogen) atoms. The molecule has 1 amide bonds. The Kier molecular flexibility index (Phi) is 8.33. The van der Waals surface area contributed by atoms with Gasteiger partial charge in [-0.3, -0.25) is 4.79 Å². The predicted octanol–water partition coefficient (Wildman–Crippen LogP) is 0.903. The van der Waals surface area contributed by atoms with Crippen LogP contribution in [0.15, 0.2) is 0 Å². The molecule has 90 valence electrons. The number of nitrogens with one attached hydrogen (secondary N) is 1. The second-order valence-electron chi connectivity index (χ2n) is 3.82. The van der Waals surface area contributed by atoms with Crippen molar-refractivity contribution in [3.05, 3.63) is 0 Å². The van der Waals surface area contributed by atoms with Gasteiger partial charge in [-0.1, -0.05) is 26.7 Å². The van der Waals surface area contributed by atoms with Crippen LogP contribution in [-0.4, -0.2) is 32.2 Å². The van der Waals surface area contributed by atoms with Gasteiger partial charge in [-0.15, -0.1) is 0 Å². The molecule has 0 heterocycles. The van der Waals surface area contributed by atoms with Gasteiger partial charge in [0.1, 0.15) is 0 Å². The van der Waals surface area contributed by atoms with E-state index in [9.17, 15) is 4.79 Å². The normalized spacial score (nSPS) is 12.9. The third-order valence-corrected chi connectivity index (χ3v) is 2.69. The Morgan fingerprint density at radius 2 is 2.00 bits per heavy atom. The fourth-order valence-electron chi connectivity index (χ4n) is 1.33. The van der Waals surface area contributed by atoms with E-state index in [1.807, 2.05) is 0 Å². The number of carbonyl (C=O) groups excluding carboxylic acids is 1. The van der Waals surface area contributed by atoms with Crippen molar-refractivity contribution in [2.24, 2.45) is 11.7 Å². The highest BCUT2D eigenvalue weighted by Gasteiger charge is 2.13. The van der Waals surface area contributed by atoms with Crippen LogP contribution in [0, 0.1) is 5.92 Å². The van der Waals surface area contributed by atoms with E-state index in [4.69, 9.17) is 10.5 Å². The minimum absolute atomic E-state index is 0.0704. The van der Waals surface area contributed by atoms with Crippen molar-refractivity contribution in [2.75, 3.05) is 20.3 Å². The number of rotatable bonds is 8. The van der Waals surface area contributed by atoms with Gasteiger partial charge in [-0.05, 0) is 12.3 Å². The van der Waals surface area contributed by atoms with E-state index in [2.05, 4.69) is 19.2 Å². The lowest BCUT2D eigenvalue weighted by atomic mass is 10.0. The van der Waals surface area contributed by atoms with E-state index >= 15 is 0 Å². The number of hydrogen-bond acceptors (Lipinski definition) is 3. The lowest BCUT2D eigenvalue weighted by Gasteiger charge is -2.16. The van der Waals surface area contributed by atoms with Crippen molar-refractivity contribution >= 4 is 5.91 Å². The van der Waals surface area contributed by atoms with Gasteiger partial charge in [0.25, 0.3) is 0 Å². The van der Waals surface area contributed by atoms with Gasteiger partial charge >= 0.3 is 0 Å². The molecule has 3 N–H and O–H groups in total. The summed E-state index contributed by atoms with van der Waals surface area (Å²) in [6.07, 6.45) is 2.75. The summed E-state index contributed by atoms with van der Waals surface area (Å²) in [5, 5.41) is 2.87. The molecule has 0 bridgehead atoms. The first-order valence-electron chi connectivity index (χ1n) is 5.67. The summed E-state index contributed by atoms with van der Waals surface area (Å²) in [5.74, 6) is 0.488. The van der Waals surface area contributed by atoms with Crippen molar-refractivity contribution in [1.29, 1.82) is 0 Å². The van der Waals surface area contributed by atoms with Crippen molar-refractivity contribution in [2.45, 2.75) is 39.2 Å². The monoisotopic (exact) mass is 216 g/mol. The number of amides is 1. The lowest BCUT2D eigenvalue weighted by molar-refractivity contribution is -0.122. The fraction of sp³-hybridized carbons (Fsp3) is 0.909. The van der Waals surface area contributed by atoms with Crippen molar-refractivity contribution in [3.8, 4) is 0 Å². The van der Waals surface area contributed by atoms with Gasteiger partial charge in [0.05, 0.1) is 6.04 Å². The first-order chi connectivity index (χ1) is 7.15. The Bertz CT molecular complexity index is 170. The summed E-state index contributed by atoms with van der Waals surface area (Å²) < 4.78 is 4.87. The molecule has 0 aliphatic rings. The van der Waals surface area contributed by atoms with Gasteiger partial charge in [0, 0.05) is 20.3 Å². The number of ether oxygens (including phenoxy) is 1. The van der Waals surface area contributed by atoms with Crippen LogP contribution in [-0.2, 0) is 9.53 Å². The molecule has 1 unspecified atom stereocenters. The number of carbonyl (C=O) groups is 1. The van der Waals surface area contributed by atoms with Gasteiger partial charge in [0.15, 0.2) is 0 Å². The molecule has 0 aliphatic heterocycles. The molecule has 0 fully saturated rings. The summed E-state index contributed by atoms with van der Waals surface area (Å²) in [6, 6.07) is -0.445. The molecule has 0 aliphatic carbocycles. The summed E-state index contributed by atoms with van der Waals surface area (Å²) in [4.78, 5) is 11.5. The quantitative estimate of drug-likeness (QED) is 0.633. The van der Waals surface area contributed by atoms with Crippen molar-refractivity contribution < 1.29 is 9.53 Å². The molecule has 4 nitrogen and oxygen atoms in total. The van der Waals surface area contributed by atoms with Crippen LogP contribution >= 0.6 is 0 Å². The summed E-state index contributed by atoms with van der Waals surface area (Å²) in [6.45, 7) is 5.52. The standard InChI is InChI=1S/C11H24N2O2/c1-4-9(5-2)8-13-11(14)10(12)6-7-15-3/h9-10H,4-8,12H2,1-3H3,(H,13,14). The van der Waals surface area contributed by atoms with Gasteiger partial charge in [-0.25, -0.2) is 0 Å². The van der Waals surface area contributed by atoms with E-state index in [1.165, 1.54) is 0 Å². The molecule has 0 saturated carbocycles. The van der Waals surface area contributed by atoms with Crippen LogP contribution in [0.25, 0.3) is 0 Å². The highest BCUT2D eigenvalue weighted by molar-refractivity contribution is 5.81. The van der Waals surface area contributed by atoms with Crippen LogP contribution < -0.4 is 11.1 Å². The zero-order valence-corrected chi connectivity index (χ0v) is 10.1. The fourth-order valence-corrected chi connectivity index (χ4v) is 1.33. The van der Waals surface area contributed by atoms with Crippen LogP contribution in [0.2, 0.25) is 0 Å². The average Bonchev–Trinajstić information content (AvgIpc) is 2.26. The number of hydrogen-bond donors (Lipinski definition) is 2. The van der Waals surface area contributed by atoms with Gasteiger partial charge in [0.2, 0.25) is 5.91 Å². The van der Waals surface area contributed by atoms with Gasteiger partial charge in [-0.2, -0.15) is 0 Å². The van der Waals surface area contributed by atoms with E-state index in [0.29, 0.717) is 18.9 Å². The molecule has 0 radical (unpaired) electrons. The highest BCUT2D eigenvalue weighted by Crippen LogP contribution is 2.05. The third-order valence-electron chi connectivity index (χ3n) is 2.69. The molecular weight excluding hydrogens is 192 g/mol. The molecule has 0 rings (SSSR count). The van der Waals surface area contributed by atoms with E-state index in [1.54, 1.807) is 7.11 Å². The predicted molar refractivity (Wildman–Crippen MR) is 61.6 cm³/mol. The number of nitrogens with two attached hydrogens (primary N) is 1. The maximum atomic E-state index is 11.5. The molecular formula is C11H24N2O2. The first kappa shape index (κ1) is 14.4. The zero-order valence-electron chi connectivity index (χ0n) is 10.1. The largest absolute Gasteiger partial charge is 0.385 e. The third kappa shape index (κ3) is 6.47. The average molecular weight is 216 g/mol. The Labute approximate surface area is 92.6 Å². The second kappa shape index (κ2) is 8.68.